The van der Waals surface area contributed by atoms with Gasteiger partial charge in [-0.05, 0) is 51.7 Å². The van der Waals surface area contributed by atoms with Crippen LogP contribution in [0, 0.1) is 0 Å². The van der Waals surface area contributed by atoms with E-state index in [0.29, 0.717) is 5.69 Å². The molecule has 2 heterocycles. The number of benzene rings is 2. The summed E-state index contributed by atoms with van der Waals surface area (Å²) in [6.45, 7) is 5.63. The number of nitrogens with two attached hydrogens (primary N) is 1. The first-order valence-electron chi connectivity index (χ1n) is 11.7. The van der Waals surface area contributed by atoms with E-state index in [2.05, 4.69) is 46.1 Å². The van der Waals surface area contributed by atoms with Crippen LogP contribution in [0.1, 0.15) is 45.6 Å². The van der Waals surface area contributed by atoms with Crippen LogP contribution in [0.5, 0.6) is 0 Å². The molecule has 1 aliphatic carbocycles. The average Bonchev–Trinajstić information content (AvgIpc) is 3.14. The number of alkyl carbamates (subject to hydrolysis) is 1. The fourth-order valence-electron chi connectivity index (χ4n) is 4.60. The molecule has 0 aliphatic heterocycles. The predicted molar refractivity (Wildman–Crippen MR) is 135 cm³/mol. The highest BCUT2D eigenvalue weighted by molar-refractivity contribution is 5.82. The molecule has 34 heavy (non-hydrogen) atoms. The summed E-state index contributed by atoms with van der Waals surface area (Å²) >= 11 is 0. The van der Waals surface area contributed by atoms with Gasteiger partial charge in [0.15, 0.2) is 0 Å². The molecule has 1 fully saturated rings. The lowest BCUT2D eigenvalue weighted by atomic mass is 9.71. The molecular formula is C28H30N4O2. The first-order chi connectivity index (χ1) is 16.2. The van der Waals surface area contributed by atoms with Gasteiger partial charge in [0.25, 0.3) is 0 Å². The number of fused-ring (bicyclic) bond motifs is 1. The maximum Gasteiger partial charge on any atom is 0.408 e. The second-order valence-electron chi connectivity index (χ2n) is 10.0. The number of nitrogens with zero attached hydrogens (tertiary/aromatic N) is 2. The molecule has 3 N–H and O–H groups in total. The summed E-state index contributed by atoms with van der Waals surface area (Å²) in [5.41, 5.74) is 11.7. The van der Waals surface area contributed by atoms with Crippen LogP contribution in [0.15, 0.2) is 72.9 Å². The van der Waals surface area contributed by atoms with Gasteiger partial charge in [-0.25, -0.2) is 9.78 Å². The number of amides is 1. The Morgan fingerprint density at radius 2 is 1.74 bits per heavy atom. The quantitative estimate of drug-likeness (QED) is 0.387. The predicted octanol–water partition coefficient (Wildman–Crippen LogP) is 6.15. The second-order valence-corrected chi connectivity index (χ2v) is 10.0. The smallest absolute Gasteiger partial charge is 0.408 e. The van der Waals surface area contributed by atoms with E-state index in [9.17, 15) is 4.79 Å². The number of rotatable bonds is 4. The Morgan fingerprint density at radius 3 is 2.35 bits per heavy atom. The van der Waals surface area contributed by atoms with Crippen molar-refractivity contribution in [3.05, 3.63) is 78.5 Å². The van der Waals surface area contributed by atoms with Crippen molar-refractivity contribution in [2.75, 3.05) is 5.73 Å². The van der Waals surface area contributed by atoms with Crippen LogP contribution in [0.2, 0.25) is 0 Å². The van der Waals surface area contributed by atoms with Crippen LogP contribution in [0.4, 0.5) is 10.5 Å². The minimum Gasteiger partial charge on any atom is -0.444 e. The molecular weight excluding hydrogens is 424 g/mol. The molecule has 1 amide bonds. The van der Waals surface area contributed by atoms with Gasteiger partial charge < -0.3 is 15.8 Å². The van der Waals surface area contributed by atoms with Crippen LogP contribution in [-0.2, 0) is 10.3 Å². The Labute approximate surface area is 199 Å². The third-order valence-corrected chi connectivity index (χ3v) is 6.36. The van der Waals surface area contributed by atoms with Crippen molar-refractivity contribution in [1.82, 2.24) is 14.7 Å². The van der Waals surface area contributed by atoms with Crippen LogP contribution in [0.3, 0.4) is 0 Å². The van der Waals surface area contributed by atoms with Crippen molar-refractivity contribution in [3.8, 4) is 22.5 Å². The van der Waals surface area contributed by atoms with E-state index >= 15 is 0 Å². The van der Waals surface area contributed by atoms with Gasteiger partial charge in [-0.2, -0.15) is 0 Å². The van der Waals surface area contributed by atoms with Gasteiger partial charge in [0.05, 0.1) is 16.9 Å². The molecule has 6 heteroatoms. The van der Waals surface area contributed by atoms with Gasteiger partial charge in [-0.15, -0.1) is 0 Å². The fraction of sp³-hybridized carbons (Fsp3) is 0.286. The van der Waals surface area contributed by atoms with Gasteiger partial charge in [0, 0.05) is 29.1 Å². The summed E-state index contributed by atoms with van der Waals surface area (Å²) in [4.78, 5) is 17.4. The highest BCUT2D eigenvalue weighted by atomic mass is 16.6. The van der Waals surface area contributed by atoms with Crippen molar-refractivity contribution in [2.24, 2.45) is 0 Å². The Hall–Kier alpha value is -3.80. The molecule has 0 bridgehead atoms. The van der Waals surface area contributed by atoms with Crippen LogP contribution in [-0.4, -0.2) is 21.1 Å². The lowest BCUT2D eigenvalue weighted by Crippen LogP contribution is -2.52. The van der Waals surface area contributed by atoms with Crippen molar-refractivity contribution in [1.29, 1.82) is 0 Å². The first kappa shape index (κ1) is 22.0. The number of aromatic nitrogens is 2. The lowest BCUT2D eigenvalue weighted by molar-refractivity contribution is 0.0377. The molecule has 2 aromatic carbocycles. The van der Waals surface area contributed by atoms with E-state index in [4.69, 9.17) is 15.5 Å². The number of carbonyl (C=O) groups is 1. The van der Waals surface area contributed by atoms with E-state index in [1.165, 1.54) is 0 Å². The molecule has 0 atom stereocenters. The van der Waals surface area contributed by atoms with Crippen LogP contribution < -0.4 is 11.1 Å². The molecule has 0 saturated heterocycles. The number of nitrogen functional groups attached to an aromatic ring is 1. The summed E-state index contributed by atoms with van der Waals surface area (Å²) in [6.07, 6.45) is 4.46. The minimum atomic E-state index is -0.529. The molecule has 0 radical (unpaired) electrons. The van der Waals surface area contributed by atoms with E-state index in [1.54, 1.807) is 0 Å². The standard InChI is InChI=1S/C28H30N4O2/c1-27(2,3)34-26(33)31-28(15-7-16-28)21-12-10-19(11-13-21)24-25(20-8-5-4-6-9-20)32-17-14-22(29)18-23(32)30-24/h4-6,8-14,17-18H,7,15-16,29H2,1-3H3,(H,31,33). The maximum atomic E-state index is 12.5. The number of ether oxygens (including phenoxy) is 1. The first-order valence-corrected chi connectivity index (χ1v) is 11.7. The van der Waals surface area contributed by atoms with E-state index < -0.39 is 5.60 Å². The molecule has 174 valence electrons. The average molecular weight is 455 g/mol. The summed E-state index contributed by atoms with van der Waals surface area (Å²) < 4.78 is 7.59. The van der Waals surface area contributed by atoms with Gasteiger partial charge in [-0.1, -0.05) is 54.6 Å². The maximum absolute atomic E-state index is 12.5. The highest BCUT2D eigenvalue weighted by Crippen LogP contribution is 2.42. The molecule has 2 aromatic heterocycles. The largest absolute Gasteiger partial charge is 0.444 e. The van der Waals surface area contributed by atoms with Crippen LogP contribution in [0.25, 0.3) is 28.2 Å². The van der Waals surface area contributed by atoms with Crippen LogP contribution >= 0.6 is 0 Å². The molecule has 0 unspecified atom stereocenters. The monoisotopic (exact) mass is 454 g/mol. The summed E-state index contributed by atoms with van der Waals surface area (Å²) in [5, 5.41) is 3.13. The number of hydrogen-bond donors (Lipinski definition) is 2. The summed E-state index contributed by atoms with van der Waals surface area (Å²) in [6, 6.07) is 22.4. The Morgan fingerprint density at radius 1 is 1.03 bits per heavy atom. The molecule has 5 rings (SSSR count). The van der Waals surface area contributed by atoms with E-state index in [1.807, 2.05) is 57.3 Å². The van der Waals surface area contributed by atoms with Gasteiger partial charge in [0.2, 0.25) is 0 Å². The summed E-state index contributed by atoms with van der Waals surface area (Å²) in [7, 11) is 0. The number of hydrogen-bond acceptors (Lipinski definition) is 4. The zero-order valence-corrected chi connectivity index (χ0v) is 19.8. The lowest BCUT2D eigenvalue weighted by Gasteiger charge is -2.43. The van der Waals surface area contributed by atoms with Crippen molar-refractivity contribution >= 4 is 17.4 Å². The number of nitrogens with one attached hydrogen (secondary N) is 1. The number of carbonyl (C=O) groups excluding carboxylic acids is 1. The van der Waals surface area contributed by atoms with Crippen molar-refractivity contribution in [3.63, 3.8) is 0 Å². The minimum absolute atomic E-state index is 0.374. The molecule has 1 saturated carbocycles. The molecule has 4 aromatic rings. The SMILES string of the molecule is CC(C)(C)OC(=O)NC1(c2ccc(-c3nc4cc(N)ccn4c3-c3ccccc3)cc2)CCC1. The van der Waals surface area contributed by atoms with Crippen molar-refractivity contribution < 1.29 is 9.53 Å². The number of pyridine rings is 1. The van der Waals surface area contributed by atoms with Crippen molar-refractivity contribution in [2.45, 2.75) is 51.2 Å². The molecule has 1 aliphatic rings. The van der Waals surface area contributed by atoms with E-state index in [0.717, 1.165) is 53.0 Å². The fourth-order valence-corrected chi connectivity index (χ4v) is 4.60. The third kappa shape index (κ3) is 4.12. The zero-order valence-electron chi connectivity index (χ0n) is 19.8. The molecule has 6 nitrogen and oxygen atoms in total. The third-order valence-electron chi connectivity index (χ3n) is 6.36. The Balaban J connectivity index is 1.52. The van der Waals surface area contributed by atoms with Gasteiger partial charge in [0.1, 0.15) is 11.2 Å². The summed E-state index contributed by atoms with van der Waals surface area (Å²) in [5.74, 6) is 0. The topological polar surface area (TPSA) is 81.6 Å². The normalized spacial score (nSPS) is 15.0. The second kappa shape index (κ2) is 8.20. The zero-order chi connectivity index (χ0) is 23.9. The Kier molecular flexibility index (Phi) is 5.31. The Bertz CT molecular complexity index is 1330. The highest BCUT2D eigenvalue weighted by Gasteiger charge is 2.41. The van der Waals surface area contributed by atoms with Gasteiger partial charge >= 0.3 is 6.09 Å². The number of imidazole rings is 1. The van der Waals surface area contributed by atoms with Gasteiger partial charge in [-0.3, -0.25) is 4.40 Å². The number of anilines is 1. The van der Waals surface area contributed by atoms with E-state index in [-0.39, 0.29) is 11.6 Å². The molecule has 0 spiro atoms.